The molecule has 0 saturated carbocycles. The predicted octanol–water partition coefficient (Wildman–Crippen LogP) is 1.67. The first-order valence-corrected chi connectivity index (χ1v) is 5.81. The van der Waals surface area contributed by atoms with E-state index in [2.05, 4.69) is 28.0 Å². The highest BCUT2D eigenvalue weighted by Crippen LogP contribution is 2.06. The minimum Gasteiger partial charge on any atom is -0.340 e. The standard InChI is InChI=1S/C10H16BrN3O/c1-8(11)5-7-13(2)10(15)9-4-6-12-14(9)3/h4,6,8H,5,7H2,1-3H3. The molecule has 1 amide bonds. The van der Waals surface area contributed by atoms with Crippen LogP contribution in [0, 0.1) is 0 Å². The molecule has 0 aromatic carbocycles. The molecule has 1 unspecified atom stereocenters. The van der Waals surface area contributed by atoms with Crippen LogP contribution in [-0.2, 0) is 7.05 Å². The number of hydrogen-bond donors (Lipinski definition) is 0. The third kappa shape index (κ3) is 3.34. The molecule has 1 heterocycles. The monoisotopic (exact) mass is 273 g/mol. The molecule has 0 aliphatic carbocycles. The summed E-state index contributed by atoms with van der Waals surface area (Å²) in [6, 6.07) is 1.73. The number of amides is 1. The minimum atomic E-state index is 0.0168. The lowest BCUT2D eigenvalue weighted by molar-refractivity contribution is 0.0783. The molecule has 0 radical (unpaired) electrons. The molecule has 4 nitrogen and oxygen atoms in total. The Balaban J connectivity index is 2.57. The summed E-state index contributed by atoms with van der Waals surface area (Å²) in [4.78, 5) is 14.0. The summed E-state index contributed by atoms with van der Waals surface area (Å²) in [7, 11) is 3.58. The minimum absolute atomic E-state index is 0.0168. The van der Waals surface area contributed by atoms with Crippen molar-refractivity contribution in [1.82, 2.24) is 14.7 Å². The van der Waals surface area contributed by atoms with Gasteiger partial charge in [-0.05, 0) is 12.5 Å². The van der Waals surface area contributed by atoms with E-state index >= 15 is 0 Å². The Morgan fingerprint density at radius 1 is 1.73 bits per heavy atom. The van der Waals surface area contributed by atoms with E-state index in [1.165, 1.54) is 0 Å². The van der Waals surface area contributed by atoms with Gasteiger partial charge in [-0.1, -0.05) is 22.9 Å². The van der Waals surface area contributed by atoms with E-state index in [0.717, 1.165) is 13.0 Å². The molecule has 0 N–H and O–H groups in total. The molecule has 0 bridgehead atoms. The molecule has 0 aliphatic heterocycles. The van der Waals surface area contributed by atoms with Crippen LogP contribution in [0.2, 0.25) is 0 Å². The Labute approximate surface area is 98.4 Å². The fourth-order valence-electron chi connectivity index (χ4n) is 1.25. The van der Waals surface area contributed by atoms with Crippen LogP contribution in [0.25, 0.3) is 0 Å². The number of aryl methyl sites for hydroxylation is 1. The maximum Gasteiger partial charge on any atom is 0.271 e. The second-order valence-corrected chi connectivity index (χ2v) is 5.20. The average molecular weight is 274 g/mol. The van der Waals surface area contributed by atoms with Crippen LogP contribution in [0.15, 0.2) is 12.3 Å². The maximum atomic E-state index is 11.9. The number of hydrogen-bond acceptors (Lipinski definition) is 2. The molecule has 84 valence electrons. The largest absolute Gasteiger partial charge is 0.340 e. The number of alkyl halides is 1. The van der Waals surface area contributed by atoms with Crippen molar-refractivity contribution < 1.29 is 4.79 Å². The smallest absolute Gasteiger partial charge is 0.271 e. The highest BCUT2D eigenvalue weighted by atomic mass is 79.9. The quantitative estimate of drug-likeness (QED) is 0.783. The molecule has 1 atom stereocenters. The Bertz CT molecular complexity index is 335. The van der Waals surface area contributed by atoms with Gasteiger partial charge in [0.05, 0.1) is 0 Å². The normalized spacial score (nSPS) is 12.5. The average Bonchev–Trinajstić information content (AvgIpc) is 2.59. The van der Waals surface area contributed by atoms with Crippen molar-refractivity contribution in [3.63, 3.8) is 0 Å². The molecule has 1 rings (SSSR count). The van der Waals surface area contributed by atoms with Gasteiger partial charge in [-0.2, -0.15) is 5.10 Å². The van der Waals surface area contributed by atoms with Crippen molar-refractivity contribution >= 4 is 21.8 Å². The molecule has 1 aromatic heterocycles. The van der Waals surface area contributed by atoms with Gasteiger partial charge in [0.2, 0.25) is 0 Å². The summed E-state index contributed by atoms with van der Waals surface area (Å²) in [5.74, 6) is 0.0168. The van der Waals surface area contributed by atoms with E-state index in [4.69, 9.17) is 0 Å². The molecule has 5 heteroatoms. The molecule has 15 heavy (non-hydrogen) atoms. The Kier molecular flexibility index (Phi) is 4.32. The van der Waals surface area contributed by atoms with Crippen LogP contribution in [-0.4, -0.2) is 39.0 Å². The zero-order valence-corrected chi connectivity index (χ0v) is 10.9. The Hall–Kier alpha value is -0.840. The van der Waals surface area contributed by atoms with Crippen molar-refractivity contribution in [1.29, 1.82) is 0 Å². The SMILES string of the molecule is CC(Br)CCN(C)C(=O)c1ccnn1C. The number of rotatable bonds is 4. The lowest BCUT2D eigenvalue weighted by Gasteiger charge is -2.17. The highest BCUT2D eigenvalue weighted by Gasteiger charge is 2.14. The van der Waals surface area contributed by atoms with Crippen LogP contribution < -0.4 is 0 Å². The zero-order valence-electron chi connectivity index (χ0n) is 9.27. The van der Waals surface area contributed by atoms with Gasteiger partial charge in [-0.3, -0.25) is 9.48 Å². The fourth-order valence-corrected chi connectivity index (χ4v) is 1.46. The third-order valence-corrected chi connectivity index (χ3v) is 2.71. The van der Waals surface area contributed by atoms with Crippen molar-refractivity contribution in [3.8, 4) is 0 Å². The van der Waals surface area contributed by atoms with Gasteiger partial charge in [-0.15, -0.1) is 0 Å². The van der Waals surface area contributed by atoms with E-state index < -0.39 is 0 Å². The van der Waals surface area contributed by atoms with Crippen molar-refractivity contribution in [3.05, 3.63) is 18.0 Å². The topological polar surface area (TPSA) is 38.1 Å². The van der Waals surface area contributed by atoms with Crippen molar-refractivity contribution in [2.45, 2.75) is 18.2 Å². The summed E-state index contributed by atoms with van der Waals surface area (Å²) in [6.07, 6.45) is 2.58. The number of carbonyl (C=O) groups excluding carboxylic acids is 1. The number of aromatic nitrogens is 2. The lowest BCUT2D eigenvalue weighted by Crippen LogP contribution is -2.30. The second kappa shape index (κ2) is 5.30. The van der Waals surface area contributed by atoms with Gasteiger partial charge in [0.25, 0.3) is 5.91 Å². The van der Waals surface area contributed by atoms with Crippen LogP contribution in [0.4, 0.5) is 0 Å². The van der Waals surface area contributed by atoms with Crippen LogP contribution in [0.5, 0.6) is 0 Å². The summed E-state index contributed by atoms with van der Waals surface area (Å²) in [6.45, 7) is 2.82. The summed E-state index contributed by atoms with van der Waals surface area (Å²) < 4.78 is 1.59. The summed E-state index contributed by atoms with van der Waals surface area (Å²) in [5.41, 5.74) is 0.625. The van der Waals surface area contributed by atoms with Crippen LogP contribution >= 0.6 is 15.9 Å². The van der Waals surface area contributed by atoms with E-state index in [1.807, 2.05) is 7.05 Å². The van der Waals surface area contributed by atoms with E-state index in [9.17, 15) is 4.79 Å². The first-order chi connectivity index (χ1) is 7.02. The third-order valence-electron chi connectivity index (χ3n) is 2.25. The number of halogens is 1. The van der Waals surface area contributed by atoms with Gasteiger partial charge in [0, 0.05) is 31.7 Å². The van der Waals surface area contributed by atoms with Gasteiger partial charge >= 0.3 is 0 Å². The summed E-state index contributed by atoms with van der Waals surface area (Å²) in [5, 5.41) is 3.98. The second-order valence-electron chi connectivity index (χ2n) is 3.64. The highest BCUT2D eigenvalue weighted by molar-refractivity contribution is 9.09. The first-order valence-electron chi connectivity index (χ1n) is 4.90. The molecular formula is C10H16BrN3O. The van der Waals surface area contributed by atoms with Gasteiger partial charge in [0.1, 0.15) is 5.69 Å². The Morgan fingerprint density at radius 2 is 2.40 bits per heavy atom. The summed E-state index contributed by atoms with van der Waals surface area (Å²) >= 11 is 3.46. The van der Waals surface area contributed by atoms with Crippen LogP contribution in [0.1, 0.15) is 23.8 Å². The Morgan fingerprint density at radius 3 is 2.87 bits per heavy atom. The van der Waals surface area contributed by atoms with Crippen LogP contribution in [0.3, 0.4) is 0 Å². The molecule has 0 aliphatic rings. The zero-order chi connectivity index (χ0) is 11.4. The molecule has 0 fully saturated rings. The van der Waals surface area contributed by atoms with Crippen molar-refractivity contribution in [2.75, 3.05) is 13.6 Å². The number of nitrogens with zero attached hydrogens (tertiary/aromatic N) is 3. The van der Waals surface area contributed by atoms with Crippen molar-refractivity contribution in [2.24, 2.45) is 7.05 Å². The number of carbonyl (C=O) groups is 1. The van der Waals surface area contributed by atoms with E-state index in [1.54, 1.807) is 28.9 Å². The van der Waals surface area contributed by atoms with E-state index in [0.29, 0.717) is 10.5 Å². The first kappa shape index (κ1) is 12.2. The predicted molar refractivity (Wildman–Crippen MR) is 63.2 cm³/mol. The molecular weight excluding hydrogens is 258 g/mol. The van der Waals surface area contributed by atoms with E-state index in [-0.39, 0.29) is 5.91 Å². The molecule has 1 aromatic rings. The molecule has 0 spiro atoms. The van der Waals surface area contributed by atoms with Gasteiger partial charge < -0.3 is 4.90 Å². The van der Waals surface area contributed by atoms with Gasteiger partial charge in [-0.25, -0.2) is 0 Å². The molecule has 0 saturated heterocycles. The fraction of sp³-hybridized carbons (Fsp3) is 0.600. The lowest BCUT2D eigenvalue weighted by atomic mass is 10.3. The van der Waals surface area contributed by atoms with Gasteiger partial charge in [0.15, 0.2) is 0 Å². The maximum absolute atomic E-state index is 11.9.